The molecule has 1 unspecified atom stereocenters. The number of halogens is 2. The first-order chi connectivity index (χ1) is 14.5. The Kier molecular flexibility index (Phi) is 26.5. The molecule has 0 amide bonds. The summed E-state index contributed by atoms with van der Waals surface area (Å²) in [6.45, 7) is 13.0. The summed E-state index contributed by atoms with van der Waals surface area (Å²) in [7, 11) is 0. The van der Waals surface area contributed by atoms with Crippen molar-refractivity contribution in [2.75, 3.05) is 0 Å². The Bertz CT molecular complexity index is 952. The molecule has 0 saturated heterocycles. The number of unbranched alkanes of at least 4 members (excludes halogenated alkanes) is 3. The fourth-order valence-corrected chi connectivity index (χ4v) is 3.75. The van der Waals surface area contributed by atoms with Gasteiger partial charge >= 0.3 is 26.2 Å². The average Bonchev–Trinajstić information content (AvgIpc) is 3.27. The van der Waals surface area contributed by atoms with E-state index in [1.165, 1.54) is 64.3 Å². The van der Waals surface area contributed by atoms with E-state index in [0.717, 1.165) is 0 Å². The van der Waals surface area contributed by atoms with E-state index in [1.807, 2.05) is 0 Å². The van der Waals surface area contributed by atoms with Crippen LogP contribution in [0.2, 0.25) is 0 Å². The maximum atomic E-state index is 3.29. The van der Waals surface area contributed by atoms with Crippen LogP contribution in [-0.4, -0.2) is 11.0 Å². The number of aryl methyl sites for hydroxylation is 1. The van der Waals surface area contributed by atoms with Crippen molar-refractivity contribution in [2.24, 2.45) is 5.92 Å². The molecule has 0 fully saturated rings. The molecule has 5 radical (unpaired) electrons. The van der Waals surface area contributed by atoms with E-state index >= 15 is 0 Å². The fourth-order valence-electron chi connectivity index (χ4n) is 3.75. The molecular weight excluding hydrogens is 563 g/mol. The molecule has 0 N–H and O–H groups in total. The molecule has 0 bridgehead atoms. The van der Waals surface area contributed by atoms with Crippen LogP contribution >= 0.6 is 24.8 Å². The molecule has 35 heavy (non-hydrogen) atoms. The smallest absolute Gasteiger partial charge is 0.358 e. The van der Waals surface area contributed by atoms with Gasteiger partial charge in [-0.3, -0.25) is 6.08 Å². The number of fused-ring (bicyclic) bond motifs is 1. The minimum absolute atomic E-state index is 0. The molecule has 0 aliphatic heterocycles. The van der Waals surface area contributed by atoms with Crippen LogP contribution in [0.5, 0.6) is 0 Å². The van der Waals surface area contributed by atoms with Gasteiger partial charge in [-0.1, -0.05) is 108 Å². The van der Waals surface area contributed by atoms with E-state index in [9.17, 15) is 0 Å². The third kappa shape index (κ3) is 13.9. The molecule has 4 heteroatoms. The van der Waals surface area contributed by atoms with Crippen molar-refractivity contribution in [2.45, 2.75) is 67.2 Å². The Morgan fingerprint density at radius 3 is 1.86 bits per heavy atom. The quantitative estimate of drug-likeness (QED) is 0.158. The molecule has 0 saturated carbocycles. The topological polar surface area (TPSA) is 0 Å². The third-order valence-corrected chi connectivity index (χ3v) is 5.47. The zero-order valence-electron chi connectivity index (χ0n) is 22.6. The summed E-state index contributed by atoms with van der Waals surface area (Å²) >= 11 is 0. The monoisotopic (exact) mass is 603 g/mol. The molecule has 3 aromatic rings. The van der Waals surface area contributed by atoms with Gasteiger partial charge in [0.1, 0.15) is 0 Å². The molecule has 1 atom stereocenters. The Morgan fingerprint density at radius 2 is 1.43 bits per heavy atom. The van der Waals surface area contributed by atoms with Gasteiger partial charge in [0, 0.05) is 11.0 Å². The van der Waals surface area contributed by atoms with Gasteiger partial charge in [-0.2, -0.15) is 12.1 Å². The van der Waals surface area contributed by atoms with Gasteiger partial charge in [-0.05, 0) is 5.56 Å². The maximum absolute atomic E-state index is 3.29. The summed E-state index contributed by atoms with van der Waals surface area (Å²) in [5.41, 5.74) is 6.65. The van der Waals surface area contributed by atoms with Crippen molar-refractivity contribution in [3.05, 3.63) is 97.0 Å². The summed E-state index contributed by atoms with van der Waals surface area (Å²) in [6.07, 6.45) is 11.1. The Hall–Kier alpha value is -0.790. The summed E-state index contributed by atoms with van der Waals surface area (Å²) in [4.78, 5) is 0. The van der Waals surface area contributed by atoms with E-state index < -0.39 is 0 Å². The Morgan fingerprint density at radius 1 is 0.857 bits per heavy atom. The fraction of sp³-hybridized carbons (Fsp3) is 0.355. The van der Waals surface area contributed by atoms with Crippen molar-refractivity contribution in [3.8, 4) is 11.1 Å². The summed E-state index contributed by atoms with van der Waals surface area (Å²) in [6, 6.07) is 21.6. The minimum Gasteiger partial charge on any atom is -0.358 e. The van der Waals surface area contributed by atoms with Gasteiger partial charge in [-0.25, -0.2) is 11.1 Å². The molecule has 189 valence electrons. The van der Waals surface area contributed by atoms with Crippen LogP contribution in [0.4, 0.5) is 0 Å². The number of hydrogen-bond acceptors (Lipinski definition) is 0. The molecule has 0 heterocycles. The van der Waals surface area contributed by atoms with Crippen LogP contribution in [0.25, 0.3) is 21.9 Å². The number of hydrogen-bond donors (Lipinski definition) is 0. The van der Waals surface area contributed by atoms with E-state index in [-0.39, 0.29) is 69.4 Å². The third-order valence-electron chi connectivity index (χ3n) is 5.47. The van der Waals surface area contributed by atoms with E-state index in [4.69, 9.17) is 0 Å². The number of allylic oxidation sites excluding steroid dienone is 4. The van der Waals surface area contributed by atoms with Crippen molar-refractivity contribution >= 4 is 46.6 Å². The van der Waals surface area contributed by atoms with Gasteiger partial charge < -0.3 is 7.43 Å². The molecule has 0 nitrogen and oxygen atoms in total. The Balaban J connectivity index is -0.000000219. The molecule has 1 aliphatic carbocycles. The van der Waals surface area contributed by atoms with Crippen LogP contribution in [0.1, 0.15) is 65.9 Å². The SMILES string of the molecule is CC1=[C-]C(C)C=C1C.CCCCCC.Cc1cc2c(-c3ccccc3)cccc2[cH-]1.Cl.Cl.[CH3-].[Si].[Zr+3]. The largest absolute Gasteiger partial charge is 3.00 e. The van der Waals surface area contributed by atoms with Crippen LogP contribution in [0.15, 0.2) is 77.9 Å². The second kappa shape index (κ2) is 22.4. The number of rotatable bonds is 4. The standard InChI is InChI=1S/C16H13.C8H11.C6H14.CH3.2ClH.Si.Zr/c1-12-10-14-8-5-9-15(16(14)11-12)13-6-3-2-4-7-13;1-6-4-7(2)8(3)5-6;1-3-5-6-4-2;;;;;/h2-11H,1H3;4,6H,1-3H3;3-6H2,1-2H3;1H3;2*1H;;/q2*-1;;-1;;;;+3. The van der Waals surface area contributed by atoms with Crippen molar-refractivity contribution < 1.29 is 26.2 Å². The van der Waals surface area contributed by atoms with Crippen LogP contribution in [0, 0.1) is 26.3 Å². The molecule has 0 aromatic heterocycles. The predicted molar refractivity (Wildman–Crippen MR) is 162 cm³/mol. The van der Waals surface area contributed by atoms with Crippen LogP contribution < -0.4 is 0 Å². The molecule has 1 aliphatic rings. The van der Waals surface area contributed by atoms with Crippen LogP contribution in [0.3, 0.4) is 0 Å². The first-order valence-corrected chi connectivity index (χ1v) is 11.5. The average molecular weight is 606 g/mol. The van der Waals surface area contributed by atoms with Crippen molar-refractivity contribution in [1.82, 2.24) is 0 Å². The van der Waals surface area contributed by atoms with Gasteiger partial charge in [0.05, 0.1) is 0 Å². The molecular formula is C31H43Cl2SiZr. The van der Waals surface area contributed by atoms with Gasteiger partial charge in [0.15, 0.2) is 0 Å². The number of benzene rings is 2. The van der Waals surface area contributed by atoms with Crippen molar-refractivity contribution in [3.63, 3.8) is 0 Å². The van der Waals surface area contributed by atoms with E-state index in [1.54, 1.807) is 0 Å². The maximum Gasteiger partial charge on any atom is 3.00 e. The zero-order chi connectivity index (χ0) is 21.9. The Labute approximate surface area is 252 Å². The zero-order valence-corrected chi connectivity index (χ0v) is 27.7. The second-order valence-corrected chi connectivity index (χ2v) is 8.32. The second-order valence-electron chi connectivity index (χ2n) is 8.32. The molecule has 0 spiro atoms. The van der Waals surface area contributed by atoms with Gasteiger partial charge in [0.2, 0.25) is 0 Å². The van der Waals surface area contributed by atoms with Gasteiger partial charge in [-0.15, -0.1) is 66.3 Å². The first-order valence-electron chi connectivity index (χ1n) is 11.5. The van der Waals surface area contributed by atoms with Crippen molar-refractivity contribution in [1.29, 1.82) is 0 Å². The van der Waals surface area contributed by atoms with Gasteiger partial charge in [0.25, 0.3) is 0 Å². The predicted octanol–water partition coefficient (Wildman–Crippen LogP) is 10.4. The van der Waals surface area contributed by atoms with E-state index in [2.05, 4.69) is 114 Å². The summed E-state index contributed by atoms with van der Waals surface area (Å²) < 4.78 is 0. The normalized spacial score (nSPS) is 12.8. The van der Waals surface area contributed by atoms with Crippen LogP contribution in [-0.2, 0) is 26.2 Å². The molecule has 3 aromatic carbocycles. The summed E-state index contributed by atoms with van der Waals surface area (Å²) in [5.74, 6) is 0.551. The summed E-state index contributed by atoms with van der Waals surface area (Å²) in [5, 5.41) is 2.69. The molecule has 4 rings (SSSR count). The first kappa shape index (κ1) is 41.3. The minimum atomic E-state index is 0. The van der Waals surface area contributed by atoms with E-state index in [0.29, 0.717) is 5.92 Å².